The van der Waals surface area contributed by atoms with Crippen molar-refractivity contribution in [3.05, 3.63) is 35.9 Å². The molecule has 0 aliphatic heterocycles. The minimum atomic E-state index is -1.55. The normalized spacial score (nSPS) is 14.0. The Bertz CT molecular complexity index is 822. The van der Waals surface area contributed by atoms with E-state index < -0.39 is 47.1 Å². The zero-order valence-corrected chi connectivity index (χ0v) is 18.5. The van der Waals surface area contributed by atoms with Crippen molar-refractivity contribution < 1.29 is 29.1 Å². The van der Waals surface area contributed by atoms with Crippen LogP contribution in [0.25, 0.3) is 0 Å². The van der Waals surface area contributed by atoms with E-state index in [1.165, 1.54) is 20.8 Å². The Balaban J connectivity index is 2.78. The first-order valence-corrected chi connectivity index (χ1v) is 10.1. The number of carboxylic acids is 1. The standard InChI is InChI=1S/C22H31N3O6/c1-6-13(2)17(19(28)25-22(4,5)21(30)31)24-20(29)18(27)14(3)23-16(26)12-15-10-8-7-9-11-15/h7-11,13-14,17H,6,12H2,1-5H3,(H,23,26)(H,24,29)(H,25,28)(H,30,31). The molecule has 1 aromatic carbocycles. The largest absolute Gasteiger partial charge is 0.480 e. The molecular weight excluding hydrogens is 402 g/mol. The van der Waals surface area contributed by atoms with E-state index in [4.69, 9.17) is 0 Å². The second-order valence-electron chi connectivity index (χ2n) is 8.07. The highest BCUT2D eigenvalue weighted by molar-refractivity contribution is 6.38. The first-order valence-electron chi connectivity index (χ1n) is 10.1. The first kappa shape index (κ1) is 25.8. The molecule has 0 saturated heterocycles. The summed E-state index contributed by atoms with van der Waals surface area (Å²) in [4.78, 5) is 60.9. The second kappa shape index (κ2) is 11.2. The minimum Gasteiger partial charge on any atom is -0.480 e. The lowest BCUT2D eigenvalue weighted by molar-refractivity contribution is -0.147. The highest BCUT2D eigenvalue weighted by Gasteiger charge is 2.35. The average Bonchev–Trinajstić information content (AvgIpc) is 2.70. The van der Waals surface area contributed by atoms with E-state index in [2.05, 4.69) is 16.0 Å². The van der Waals surface area contributed by atoms with Gasteiger partial charge in [-0.1, -0.05) is 50.6 Å². The molecule has 0 heterocycles. The number of benzene rings is 1. The van der Waals surface area contributed by atoms with Crippen molar-refractivity contribution >= 4 is 29.5 Å². The van der Waals surface area contributed by atoms with Gasteiger partial charge in [0.25, 0.3) is 5.91 Å². The molecule has 170 valence electrons. The van der Waals surface area contributed by atoms with Crippen LogP contribution in [-0.4, -0.2) is 52.2 Å². The summed E-state index contributed by atoms with van der Waals surface area (Å²) in [5, 5.41) is 16.4. The summed E-state index contributed by atoms with van der Waals surface area (Å²) in [6, 6.07) is 6.74. The molecule has 4 N–H and O–H groups in total. The molecule has 3 atom stereocenters. The highest BCUT2D eigenvalue weighted by Crippen LogP contribution is 2.11. The van der Waals surface area contributed by atoms with Crippen LogP contribution in [0.2, 0.25) is 0 Å². The summed E-state index contributed by atoms with van der Waals surface area (Å²) in [6.07, 6.45) is 0.561. The van der Waals surface area contributed by atoms with Crippen LogP contribution in [0.4, 0.5) is 0 Å². The van der Waals surface area contributed by atoms with E-state index in [-0.39, 0.29) is 12.3 Å². The maximum Gasteiger partial charge on any atom is 0.328 e. The molecule has 0 spiro atoms. The number of nitrogens with one attached hydrogen (secondary N) is 3. The van der Waals surface area contributed by atoms with Gasteiger partial charge in [-0.2, -0.15) is 0 Å². The molecule has 0 bridgehead atoms. The number of Topliss-reactive ketones (excluding diaryl/α,β-unsaturated/α-hetero) is 1. The highest BCUT2D eigenvalue weighted by atomic mass is 16.4. The zero-order valence-electron chi connectivity index (χ0n) is 18.5. The number of carbonyl (C=O) groups is 5. The third-order valence-corrected chi connectivity index (χ3v) is 4.95. The van der Waals surface area contributed by atoms with Crippen LogP contribution in [0.15, 0.2) is 30.3 Å². The summed E-state index contributed by atoms with van der Waals surface area (Å²) in [6.45, 7) is 7.52. The quantitative estimate of drug-likeness (QED) is 0.381. The van der Waals surface area contributed by atoms with Gasteiger partial charge in [0.15, 0.2) is 0 Å². The molecule has 9 heteroatoms. The van der Waals surface area contributed by atoms with Crippen LogP contribution >= 0.6 is 0 Å². The predicted octanol–water partition coefficient (Wildman–Crippen LogP) is 0.813. The number of carboxylic acid groups (broad SMARTS) is 1. The SMILES string of the molecule is CCC(C)C(NC(=O)C(=O)C(C)NC(=O)Cc1ccccc1)C(=O)NC(C)(C)C(=O)O. The number of carbonyl (C=O) groups excluding carboxylic acids is 4. The van der Waals surface area contributed by atoms with E-state index in [9.17, 15) is 29.1 Å². The van der Waals surface area contributed by atoms with Crippen LogP contribution in [0, 0.1) is 5.92 Å². The molecule has 0 saturated carbocycles. The van der Waals surface area contributed by atoms with Gasteiger partial charge in [-0.15, -0.1) is 0 Å². The average molecular weight is 434 g/mol. The fraction of sp³-hybridized carbons (Fsp3) is 0.500. The van der Waals surface area contributed by atoms with Gasteiger partial charge in [-0.05, 0) is 32.3 Å². The van der Waals surface area contributed by atoms with Crippen molar-refractivity contribution in [2.45, 2.75) is 65.1 Å². The van der Waals surface area contributed by atoms with Gasteiger partial charge in [0, 0.05) is 0 Å². The summed E-state index contributed by atoms with van der Waals surface area (Å²) in [7, 11) is 0. The van der Waals surface area contributed by atoms with E-state index in [0.29, 0.717) is 6.42 Å². The fourth-order valence-corrected chi connectivity index (χ4v) is 2.69. The molecule has 0 fully saturated rings. The fourth-order valence-electron chi connectivity index (χ4n) is 2.69. The summed E-state index contributed by atoms with van der Waals surface area (Å²) in [5.41, 5.74) is -0.783. The lowest BCUT2D eigenvalue weighted by Crippen LogP contribution is -2.59. The molecule has 9 nitrogen and oxygen atoms in total. The van der Waals surface area contributed by atoms with Gasteiger partial charge >= 0.3 is 5.97 Å². The Labute approximate surface area is 182 Å². The van der Waals surface area contributed by atoms with Crippen molar-refractivity contribution in [1.29, 1.82) is 0 Å². The Morgan fingerprint density at radius 1 is 1.00 bits per heavy atom. The van der Waals surface area contributed by atoms with E-state index >= 15 is 0 Å². The van der Waals surface area contributed by atoms with Gasteiger partial charge in [0.2, 0.25) is 17.6 Å². The third-order valence-electron chi connectivity index (χ3n) is 4.95. The lowest BCUT2D eigenvalue weighted by Gasteiger charge is -2.28. The molecule has 31 heavy (non-hydrogen) atoms. The molecule has 0 radical (unpaired) electrons. The van der Waals surface area contributed by atoms with Crippen LogP contribution in [0.3, 0.4) is 0 Å². The Morgan fingerprint density at radius 3 is 2.10 bits per heavy atom. The number of hydrogen-bond donors (Lipinski definition) is 4. The van der Waals surface area contributed by atoms with Crippen molar-refractivity contribution in [3.63, 3.8) is 0 Å². The number of amides is 3. The van der Waals surface area contributed by atoms with Crippen molar-refractivity contribution in [2.24, 2.45) is 5.92 Å². The van der Waals surface area contributed by atoms with E-state index in [1.54, 1.807) is 38.1 Å². The summed E-state index contributed by atoms with van der Waals surface area (Å²) < 4.78 is 0. The lowest BCUT2D eigenvalue weighted by atomic mass is 9.96. The first-order chi connectivity index (χ1) is 14.4. The summed E-state index contributed by atoms with van der Waals surface area (Å²) >= 11 is 0. The van der Waals surface area contributed by atoms with Gasteiger partial charge in [0.05, 0.1) is 12.5 Å². The molecule has 1 aromatic rings. The predicted molar refractivity (Wildman–Crippen MR) is 114 cm³/mol. The molecular formula is C22H31N3O6. The molecule has 0 aromatic heterocycles. The van der Waals surface area contributed by atoms with Crippen LogP contribution in [0.1, 0.15) is 46.6 Å². The molecule has 3 amide bonds. The van der Waals surface area contributed by atoms with Gasteiger partial charge < -0.3 is 21.1 Å². The monoisotopic (exact) mass is 433 g/mol. The Kier molecular flexibility index (Phi) is 9.36. The van der Waals surface area contributed by atoms with Gasteiger partial charge in [-0.25, -0.2) is 4.79 Å². The molecule has 0 aliphatic rings. The maximum atomic E-state index is 12.6. The van der Waals surface area contributed by atoms with E-state index in [1.807, 2.05) is 6.07 Å². The van der Waals surface area contributed by atoms with Crippen LogP contribution in [-0.2, 0) is 30.4 Å². The second-order valence-corrected chi connectivity index (χ2v) is 8.07. The third kappa shape index (κ3) is 7.84. The minimum absolute atomic E-state index is 0.0578. The Hall–Kier alpha value is -3.23. The smallest absolute Gasteiger partial charge is 0.328 e. The van der Waals surface area contributed by atoms with Crippen molar-refractivity contribution in [1.82, 2.24) is 16.0 Å². The number of rotatable bonds is 11. The van der Waals surface area contributed by atoms with E-state index in [0.717, 1.165) is 5.56 Å². The zero-order chi connectivity index (χ0) is 23.8. The number of aliphatic carboxylic acids is 1. The molecule has 1 rings (SSSR count). The molecule has 0 aliphatic carbocycles. The van der Waals surface area contributed by atoms with Crippen LogP contribution < -0.4 is 16.0 Å². The van der Waals surface area contributed by atoms with Gasteiger partial charge in [-0.3, -0.25) is 19.2 Å². The maximum absolute atomic E-state index is 12.6. The molecule has 3 unspecified atom stereocenters. The van der Waals surface area contributed by atoms with Crippen LogP contribution in [0.5, 0.6) is 0 Å². The number of hydrogen-bond acceptors (Lipinski definition) is 5. The van der Waals surface area contributed by atoms with Crippen molar-refractivity contribution in [2.75, 3.05) is 0 Å². The summed E-state index contributed by atoms with van der Waals surface area (Å²) in [5.74, 6) is -4.64. The number of ketones is 1. The Morgan fingerprint density at radius 2 is 1.58 bits per heavy atom. The van der Waals surface area contributed by atoms with Gasteiger partial charge in [0.1, 0.15) is 11.6 Å². The van der Waals surface area contributed by atoms with Crippen molar-refractivity contribution in [3.8, 4) is 0 Å². The topological polar surface area (TPSA) is 142 Å².